The van der Waals surface area contributed by atoms with Gasteiger partial charge in [-0.1, -0.05) is 18.9 Å². The van der Waals surface area contributed by atoms with E-state index in [0.29, 0.717) is 24.1 Å². The number of hydrogen-bond acceptors (Lipinski definition) is 3. The molecule has 0 saturated heterocycles. The highest BCUT2D eigenvalue weighted by Crippen LogP contribution is 2.26. The topological polar surface area (TPSA) is 67.2 Å². The first-order valence-corrected chi connectivity index (χ1v) is 7.70. The van der Waals surface area contributed by atoms with E-state index in [1.807, 2.05) is 24.3 Å². The number of benzene rings is 1. The fraction of sp³-hybridized carbons (Fsp3) is 0.471. The highest BCUT2D eigenvalue weighted by atomic mass is 16.1. The van der Waals surface area contributed by atoms with E-state index in [-0.39, 0.29) is 5.91 Å². The van der Waals surface area contributed by atoms with E-state index < -0.39 is 0 Å². The molecule has 1 saturated carbocycles. The van der Waals surface area contributed by atoms with Gasteiger partial charge in [-0.3, -0.25) is 4.79 Å². The van der Waals surface area contributed by atoms with Gasteiger partial charge in [-0.2, -0.15) is 0 Å². The summed E-state index contributed by atoms with van der Waals surface area (Å²) in [6.45, 7) is 4.81. The SMILES string of the molecule is C=CCNC(=O)c1ccc(NC2CCCCC2CN)cc1. The summed E-state index contributed by atoms with van der Waals surface area (Å²) in [4.78, 5) is 11.8. The van der Waals surface area contributed by atoms with Crippen LogP contribution in [0.5, 0.6) is 0 Å². The van der Waals surface area contributed by atoms with Gasteiger partial charge in [-0.15, -0.1) is 6.58 Å². The standard InChI is InChI=1S/C17H25N3O/c1-2-11-19-17(21)13-7-9-15(10-8-13)20-16-6-4-3-5-14(16)12-18/h2,7-10,14,16,20H,1,3-6,11-12,18H2,(H,19,21). The molecule has 4 nitrogen and oxygen atoms in total. The van der Waals surface area contributed by atoms with E-state index in [1.54, 1.807) is 6.08 Å². The predicted octanol–water partition coefficient (Wildman–Crippen LogP) is 2.53. The number of carbonyl (C=O) groups is 1. The molecule has 0 aliphatic heterocycles. The lowest BCUT2D eigenvalue weighted by molar-refractivity contribution is 0.0958. The number of anilines is 1. The second kappa shape index (κ2) is 7.84. The molecule has 2 rings (SSSR count). The molecule has 0 aromatic heterocycles. The van der Waals surface area contributed by atoms with Gasteiger partial charge in [0.15, 0.2) is 0 Å². The minimum absolute atomic E-state index is 0.0704. The summed E-state index contributed by atoms with van der Waals surface area (Å²) in [5.41, 5.74) is 7.58. The summed E-state index contributed by atoms with van der Waals surface area (Å²) in [5, 5.41) is 6.34. The van der Waals surface area contributed by atoms with Crippen molar-refractivity contribution in [1.29, 1.82) is 0 Å². The number of rotatable bonds is 6. The Morgan fingerprint density at radius 2 is 2.00 bits per heavy atom. The lowest BCUT2D eigenvalue weighted by atomic mass is 9.84. The zero-order valence-corrected chi connectivity index (χ0v) is 12.5. The third-order valence-electron chi connectivity index (χ3n) is 4.12. The van der Waals surface area contributed by atoms with Crippen LogP contribution in [0.25, 0.3) is 0 Å². The van der Waals surface area contributed by atoms with E-state index in [0.717, 1.165) is 12.2 Å². The summed E-state index contributed by atoms with van der Waals surface area (Å²) < 4.78 is 0. The van der Waals surface area contributed by atoms with Crippen LogP contribution in [0.1, 0.15) is 36.0 Å². The molecule has 1 fully saturated rings. The van der Waals surface area contributed by atoms with Gasteiger partial charge in [0.2, 0.25) is 0 Å². The van der Waals surface area contributed by atoms with Crippen molar-refractivity contribution in [2.24, 2.45) is 11.7 Å². The van der Waals surface area contributed by atoms with Crippen LogP contribution in [0.2, 0.25) is 0 Å². The molecule has 1 amide bonds. The lowest BCUT2D eigenvalue weighted by Crippen LogP contribution is -2.36. The molecule has 2 atom stereocenters. The zero-order valence-electron chi connectivity index (χ0n) is 12.5. The van der Waals surface area contributed by atoms with Crippen molar-refractivity contribution in [3.8, 4) is 0 Å². The summed E-state index contributed by atoms with van der Waals surface area (Å²) >= 11 is 0. The number of amides is 1. The normalized spacial score (nSPS) is 21.6. The third kappa shape index (κ3) is 4.33. The van der Waals surface area contributed by atoms with Crippen molar-refractivity contribution >= 4 is 11.6 Å². The second-order valence-corrected chi connectivity index (χ2v) is 5.61. The molecule has 4 heteroatoms. The molecule has 0 heterocycles. The molecule has 1 aromatic carbocycles. The Hall–Kier alpha value is -1.81. The van der Waals surface area contributed by atoms with Crippen molar-refractivity contribution in [2.75, 3.05) is 18.4 Å². The number of nitrogens with one attached hydrogen (secondary N) is 2. The van der Waals surface area contributed by atoms with Crippen molar-refractivity contribution in [1.82, 2.24) is 5.32 Å². The fourth-order valence-electron chi connectivity index (χ4n) is 2.88. The smallest absolute Gasteiger partial charge is 0.251 e. The Balaban J connectivity index is 1.95. The first-order chi connectivity index (χ1) is 10.2. The molecule has 1 aliphatic rings. The maximum Gasteiger partial charge on any atom is 0.251 e. The van der Waals surface area contributed by atoms with Gasteiger partial charge in [0, 0.05) is 23.8 Å². The van der Waals surface area contributed by atoms with Gasteiger partial charge in [0.1, 0.15) is 0 Å². The molecular weight excluding hydrogens is 262 g/mol. The van der Waals surface area contributed by atoms with Crippen LogP contribution in [0.4, 0.5) is 5.69 Å². The second-order valence-electron chi connectivity index (χ2n) is 5.61. The summed E-state index contributed by atoms with van der Waals surface area (Å²) in [5.74, 6) is 0.480. The quantitative estimate of drug-likeness (QED) is 0.704. The Morgan fingerprint density at radius 1 is 1.29 bits per heavy atom. The van der Waals surface area contributed by atoms with Crippen molar-refractivity contribution < 1.29 is 4.79 Å². The Bertz CT molecular complexity index is 469. The van der Waals surface area contributed by atoms with Crippen LogP contribution in [-0.4, -0.2) is 25.0 Å². The summed E-state index contributed by atoms with van der Waals surface area (Å²) in [7, 11) is 0. The van der Waals surface area contributed by atoms with Crippen LogP contribution in [0.3, 0.4) is 0 Å². The van der Waals surface area contributed by atoms with Gasteiger partial charge >= 0.3 is 0 Å². The van der Waals surface area contributed by atoms with Crippen LogP contribution < -0.4 is 16.4 Å². The summed E-state index contributed by atoms with van der Waals surface area (Å²) in [6, 6.07) is 8.07. The van der Waals surface area contributed by atoms with E-state index in [2.05, 4.69) is 17.2 Å². The van der Waals surface area contributed by atoms with Crippen molar-refractivity contribution in [3.63, 3.8) is 0 Å². The van der Waals surface area contributed by atoms with Gasteiger partial charge < -0.3 is 16.4 Å². The molecular formula is C17H25N3O. The fourth-order valence-corrected chi connectivity index (χ4v) is 2.88. The first-order valence-electron chi connectivity index (χ1n) is 7.70. The van der Waals surface area contributed by atoms with Crippen LogP contribution >= 0.6 is 0 Å². The molecule has 2 unspecified atom stereocenters. The predicted molar refractivity (Wildman–Crippen MR) is 87.4 cm³/mol. The van der Waals surface area contributed by atoms with Gasteiger partial charge in [-0.05, 0) is 49.6 Å². The van der Waals surface area contributed by atoms with Gasteiger partial charge in [-0.25, -0.2) is 0 Å². The van der Waals surface area contributed by atoms with E-state index in [1.165, 1.54) is 25.7 Å². The average molecular weight is 287 g/mol. The molecule has 114 valence electrons. The molecule has 0 bridgehead atoms. The highest BCUT2D eigenvalue weighted by molar-refractivity contribution is 5.94. The molecule has 1 aliphatic carbocycles. The summed E-state index contributed by atoms with van der Waals surface area (Å²) in [6.07, 6.45) is 6.59. The van der Waals surface area contributed by atoms with Crippen LogP contribution in [-0.2, 0) is 0 Å². The van der Waals surface area contributed by atoms with E-state index >= 15 is 0 Å². The lowest BCUT2D eigenvalue weighted by Gasteiger charge is -2.32. The number of nitrogens with two attached hydrogens (primary N) is 1. The molecule has 1 aromatic rings. The zero-order chi connectivity index (χ0) is 15.1. The Labute approximate surface area is 126 Å². The van der Waals surface area contributed by atoms with E-state index in [9.17, 15) is 4.79 Å². The van der Waals surface area contributed by atoms with Crippen molar-refractivity contribution in [2.45, 2.75) is 31.7 Å². The first kappa shape index (κ1) is 15.6. The van der Waals surface area contributed by atoms with E-state index in [4.69, 9.17) is 5.73 Å². The third-order valence-corrected chi connectivity index (χ3v) is 4.12. The molecule has 4 N–H and O–H groups in total. The van der Waals surface area contributed by atoms with Gasteiger partial charge in [0.05, 0.1) is 0 Å². The Kier molecular flexibility index (Phi) is 5.81. The largest absolute Gasteiger partial charge is 0.382 e. The number of carbonyl (C=O) groups excluding carboxylic acids is 1. The maximum atomic E-state index is 11.8. The maximum absolute atomic E-state index is 11.8. The Morgan fingerprint density at radius 3 is 2.67 bits per heavy atom. The molecule has 0 spiro atoms. The van der Waals surface area contributed by atoms with Gasteiger partial charge in [0.25, 0.3) is 5.91 Å². The minimum Gasteiger partial charge on any atom is -0.382 e. The van der Waals surface area contributed by atoms with Crippen LogP contribution in [0.15, 0.2) is 36.9 Å². The van der Waals surface area contributed by atoms with Crippen LogP contribution in [0, 0.1) is 5.92 Å². The average Bonchev–Trinajstić information content (AvgIpc) is 2.54. The molecule has 0 radical (unpaired) electrons. The monoisotopic (exact) mass is 287 g/mol. The minimum atomic E-state index is -0.0704. The van der Waals surface area contributed by atoms with Crippen molar-refractivity contribution in [3.05, 3.63) is 42.5 Å². The highest BCUT2D eigenvalue weighted by Gasteiger charge is 2.23. The molecule has 21 heavy (non-hydrogen) atoms. The number of hydrogen-bond donors (Lipinski definition) is 3.